The topological polar surface area (TPSA) is 32.3 Å². The van der Waals surface area contributed by atoms with Crippen molar-refractivity contribution in [3.63, 3.8) is 0 Å². The molecular formula is C16H21F3N2O. The lowest BCUT2D eigenvalue weighted by atomic mass is 9.96. The summed E-state index contributed by atoms with van der Waals surface area (Å²) in [5.74, 6) is 0. The minimum atomic E-state index is -4.33. The van der Waals surface area contributed by atoms with Gasteiger partial charge in [0.15, 0.2) is 0 Å². The van der Waals surface area contributed by atoms with Crippen molar-refractivity contribution >= 4 is 6.03 Å². The molecule has 1 saturated carbocycles. The van der Waals surface area contributed by atoms with Gasteiger partial charge in [0, 0.05) is 19.6 Å². The van der Waals surface area contributed by atoms with Crippen molar-refractivity contribution in [2.75, 3.05) is 7.05 Å². The fourth-order valence-corrected chi connectivity index (χ4v) is 2.68. The Hall–Kier alpha value is -1.72. The third-order valence-corrected chi connectivity index (χ3v) is 3.98. The van der Waals surface area contributed by atoms with Crippen LogP contribution in [0.5, 0.6) is 0 Å². The van der Waals surface area contributed by atoms with Crippen LogP contribution < -0.4 is 5.32 Å². The molecule has 3 nitrogen and oxygen atoms in total. The van der Waals surface area contributed by atoms with Crippen molar-refractivity contribution in [3.8, 4) is 0 Å². The minimum Gasteiger partial charge on any atom is -0.335 e. The van der Waals surface area contributed by atoms with Crippen LogP contribution in [-0.2, 0) is 12.7 Å². The van der Waals surface area contributed by atoms with Gasteiger partial charge in [-0.3, -0.25) is 0 Å². The summed E-state index contributed by atoms with van der Waals surface area (Å²) in [6, 6.07) is 4.95. The van der Waals surface area contributed by atoms with Crippen molar-refractivity contribution in [2.45, 2.75) is 50.9 Å². The van der Waals surface area contributed by atoms with E-state index in [-0.39, 0.29) is 18.6 Å². The van der Waals surface area contributed by atoms with Gasteiger partial charge in [-0.1, -0.05) is 31.4 Å². The smallest absolute Gasteiger partial charge is 0.335 e. The summed E-state index contributed by atoms with van der Waals surface area (Å²) in [4.78, 5) is 13.6. The first-order chi connectivity index (χ1) is 10.4. The molecule has 0 saturated heterocycles. The van der Waals surface area contributed by atoms with Crippen LogP contribution in [0.15, 0.2) is 24.3 Å². The van der Waals surface area contributed by atoms with Gasteiger partial charge < -0.3 is 10.2 Å². The summed E-state index contributed by atoms with van der Waals surface area (Å²) in [5.41, 5.74) is -0.000135. The van der Waals surface area contributed by atoms with Crippen LogP contribution in [0.4, 0.5) is 18.0 Å². The van der Waals surface area contributed by atoms with Gasteiger partial charge in [0.05, 0.1) is 5.56 Å². The van der Waals surface area contributed by atoms with Crippen molar-refractivity contribution in [3.05, 3.63) is 35.4 Å². The maximum Gasteiger partial charge on any atom is 0.416 e. The summed E-state index contributed by atoms with van der Waals surface area (Å²) in [5, 5.41) is 2.98. The standard InChI is InChI=1S/C16H21F3N2O/c1-21(15(22)20-14-5-3-2-4-6-14)11-12-7-9-13(10-8-12)16(17,18)19/h7-10,14H,2-6,11H2,1H3,(H,20,22). The van der Waals surface area contributed by atoms with Gasteiger partial charge in [-0.15, -0.1) is 0 Å². The van der Waals surface area contributed by atoms with E-state index in [0.29, 0.717) is 5.56 Å². The molecule has 1 aromatic carbocycles. The lowest BCUT2D eigenvalue weighted by Crippen LogP contribution is -2.43. The van der Waals surface area contributed by atoms with Crippen molar-refractivity contribution in [2.24, 2.45) is 0 Å². The number of urea groups is 1. The molecule has 0 unspecified atom stereocenters. The van der Waals surface area contributed by atoms with Gasteiger partial charge >= 0.3 is 12.2 Å². The zero-order chi connectivity index (χ0) is 16.2. The SMILES string of the molecule is CN(Cc1ccc(C(F)(F)F)cc1)C(=O)NC1CCCCC1. The Labute approximate surface area is 128 Å². The zero-order valence-electron chi connectivity index (χ0n) is 12.6. The maximum atomic E-state index is 12.5. The van der Waals surface area contributed by atoms with E-state index in [1.165, 1.54) is 23.5 Å². The second-order valence-corrected chi connectivity index (χ2v) is 5.84. The molecular weight excluding hydrogens is 293 g/mol. The van der Waals surface area contributed by atoms with Gasteiger partial charge in [-0.05, 0) is 30.5 Å². The fraction of sp³-hybridized carbons (Fsp3) is 0.562. The lowest BCUT2D eigenvalue weighted by molar-refractivity contribution is -0.137. The first kappa shape index (κ1) is 16.6. The molecule has 122 valence electrons. The number of nitrogens with one attached hydrogen (secondary N) is 1. The third kappa shape index (κ3) is 4.64. The van der Waals surface area contributed by atoms with Crippen molar-refractivity contribution < 1.29 is 18.0 Å². The van der Waals surface area contributed by atoms with Crippen LogP contribution in [0.2, 0.25) is 0 Å². The quantitative estimate of drug-likeness (QED) is 0.892. The van der Waals surface area contributed by atoms with Gasteiger partial charge in [-0.25, -0.2) is 4.79 Å². The highest BCUT2D eigenvalue weighted by atomic mass is 19.4. The molecule has 0 aliphatic heterocycles. The van der Waals surface area contributed by atoms with Gasteiger partial charge in [0.2, 0.25) is 0 Å². The van der Waals surface area contributed by atoms with E-state index in [0.717, 1.165) is 37.8 Å². The van der Waals surface area contributed by atoms with Gasteiger partial charge in [0.25, 0.3) is 0 Å². The first-order valence-corrected chi connectivity index (χ1v) is 7.54. The lowest BCUT2D eigenvalue weighted by Gasteiger charge is -2.26. The normalized spacial score (nSPS) is 16.4. The molecule has 22 heavy (non-hydrogen) atoms. The molecule has 1 fully saturated rings. The van der Waals surface area contributed by atoms with Crippen LogP contribution in [0, 0.1) is 0 Å². The van der Waals surface area contributed by atoms with E-state index >= 15 is 0 Å². The molecule has 1 N–H and O–H groups in total. The molecule has 1 aliphatic rings. The van der Waals surface area contributed by atoms with Crippen LogP contribution in [0.25, 0.3) is 0 Å². The summed E-state index contributed by atoms with van der Waals surface area (Å²) in [7, 11) is 1.65. The molecule has 0 radical (unpaired) electrons. The monoisotopic (exact) mass is 314 g/mol. The third-order valence-electron chi connectivity index (χ3n) is 3.98. The average molecular weight is 314 g/mol. The first-order valence-electron chi connectivity index (χ1n) is 7.54. The molecule has 0 aromatic heterocycles. The van der Waals surface area contributed by atoms with E-state index in [9.17, 15) is 18.0 Å². The van der Waals surface area contributed by atoms with E-state index < -0.39 is 11.7 Å². The van der Waals surface area contributed by atoms with Gasteiger partial charge in [0.1, 0.15) is 0 Å². The molecule has 0 heterocycles. The summed E-state index contributed by atoms with van der Waals surface area (Å²) in [6.45, 7) is 0.288. The van der Waals surface area contributed by atoms with Crippen LogP contribution in [0.1, 0.15) is 43.2 Å². The number of halogens is 3. The van der Waals surface area contributed by atoms with Crippen molar-refractivity contribution in [1.29, 1.82) is 0 Å². The van der Waals surface area contributed by atoms with Gasteiger partial charge in [-0.2, -0.15) is 13.2 Å². The van der Waals surface area contributed by atoms with Crippen molar-refractivity contribution in [1.82, 2.24) is 10.2 Å². The number of hydrogen-bond acceptors (Lipinski definition) is 1. The van der Waals surface area contributed by atoms with Crippen LogP contribution in [0.3, 0.4) is 0 Å². The summed E-state index contributed by atoms with van der Waals surface area (Å²) < 4.78 is 37.5. The number of carbonyl (C=O) groups is 1. The highest BCUT2D eigenvalue weighted by Crippen LogP contribution is 2.29. The van der Waals surface area contributed by atoms with Crippen LogP contribution in [-0.4, -0.2) is 24.0 Å². The number of benzene rings is 1. The number of alkyl halides is 3. The molecule has 6 heteroatoms. The predicted octanol–water partition coefficient (Wildman–Crippen LogP) is 4.18. The number of hydrogen-bond donors (Lipinski definition) is 1. The Balaban J connectivity index is 1.87. The van der Waals surface area contributed by atoms with E-state index in [1.54, 1.807) is 7.05 Å². The zero-order valence-corrected chi connectivity index (χ0v) is 12.6. The molecule has 2 amide bonds. The molecule has 0 spiro atoms. The Morgan fingerprint density at radius 2 is 1.77 bits per heavy atom. The number of rotatable bonds is 3. The molecule has 0 atom stereocenters. The molecule has 1 aromatic rings. The predicted molar refractivity (Wildman–Crippen MR) is 78.3 cm³/mol. The van der Waals surface area contributed by atoms with E-state index in [1.807, 2.05) is 0 Å². The molecule has 2 rings (SSSR count). The second kappa shape index (κ2) is 7.03. The summed E-state index contributed by atoms with van der Waals surface area (Å²) in [6.07, 6.45) is 1.15. The fourth-order valence-electron chi connectivity index (χ4n) is 2.68. The summed E-state index contributed by atoms with van der Waals surface area (Å²) >= 11 is 0. The Bertz CT molecular complexity index is 493. The number of carbonyl (C=O) groups excluding carboxylic acids is 1. The highest BCUT2D eigenvalue weighted by Gasteiger charge is 2.30. The maximum absolute atomic E-state index is 12.5. The Morgan fingerprint density at radius 3 is 2.32 bits per heavy atom. The number of amides is 2. The second-order valence-electron chi connectivity index (χ2n) is 5.84. The van der Waals surface area contributed by atoms with E-state index in [4.69, 9.17) is 0 Å². The minimum absolute atomic E-state index is 0.174. The average Bonchev–Trinajstić information content (AvgIpc) is 2.48. The molecule has 1 aliphatic carbocycles. The Kier molecular flexibility index (Phi) is 5.32. The highest BCUT2D eigenvalue weighted by molar-refractivity contribution is 5.74. The van der Waals surface area contributed by atoms with Crippen LogP contribution >= 0.6 is 0 Å². The largest absolute Gasteiger partial charge is 0.416 e. The Morgan fingerprint density at radius 1 is 1.18 bits per heavy atom. The number of nitrogens with zero attached hydrogens (tertiary/aromatic N) is 1. The molecule has 0 bridgehead atoms. The van der Waals surface area contributed by atoms with E-state index in [2.05, 4.69) is 5.32 Å².